The summed E-state index contributed by atoms with van der Waals surface area (Å²) >= 11 is 1.39. The number of rotatable bonds is 7. The molecule has 4 rings (SSSR count). The lowest BCUT2D eigenvalue weighted by Gasteiger charge is -2.08. The number of carbonyl (C=O) groups excluding carboxylic acids is 1. The Balaban J connectivity index is 1.43. The number of aryl methyl sites for hydroxylation is 1. The Hall–Kier alpha value is -3.63. The van der Waals surface area contributed by atoms with Crippen molar-refractivity contribution in [3.8, 4) is 10.6 Å². The van der Waals surface area contributed by atoms with Gasteiger partial charge in [0.25, 0.3) is 15.9 Å². The number of aromatic nitrogens is 3. The van der Waals surface area contributed by atoms with E-state index in [9.17, 15) is 13.2 Å². The van der Waals surface area contributed by atoms with Gasteiger partial charge in [-0.25, -0.2) is 28.1 Å². The van der Waals surface area contributed by atoms with Crippen molar-refractivity contribution < 1.29 is 13.2 Å². The van der Waals surface area contributed by atoms with Gasteiger partial charge in [0.15, 0.2) is 0 Å². The fourth-order valence-corrected chi connectivity index (χ4v) is 4.60. The van der Waals surface area contributed by atoms with Crippen molar-refractivity contribution in [1.29, 1.82) is 0 Å². The Kier molecular flexibility index (Phi) is 6.24. The van der Waals surface area contributed by atoms with Crippen molar-refractivity contribution in [1.82, 2.24) is 15.0 Å². The van der Waals surface area contributed by atoms with Gasteiger partial charge < -0.3 is 5.32 Å². The van der Waals surface area contributed by atoms with Crippen LogP contribution in [0.15, 0.2) is 77.3 Å². The lowest BCUT2D eigenvalue weighted by atomic mass is 10.1. The highest BCUT2D eigenvalue weighted by atomic mass is 32.2. The Bertz CT molecular complexity index is 1320. The van der Waals surface area contributed by atoms with Crippen molar-refractivity contribution >= 4 is 38.9 Å². The summed E-state index contributed by atoms with van der Waals surface area (Å²) in [5, 5.41) is 5.19. The lowest BCUT2D eigenvalue weighted by Crippen LogP contribution is -2.15. The number of benzene rings is 2. The van der Waals surface area contributed by atoms with Crippen LogP contribution in [0.2, 0.25) is 0 Å². The SMILES string of the molecule is CCc1ccc(-c2nc(C(=O)Nc3ccc(S(=O)(=O)Nc4ncccn4)cc3)cs2)cc1. The van der Waals surface area contributed by atoms with Crippen LogP contribution in [-0.2, 0) is 16.4 Å². The summed E-state index contributed by atoms with van der Waals surface area (Å²) in [5.74, 6) is -0.391. The summed E-state index contributed by atoms with van der Waals surface area (Å²) in [5.41, 5.74) is 2.94. The van der Waals surface area contributed by atoms with E-state index in [-0.39, 0.29) is 16.8 Å². The van der Waals surface area contributed by atoms with Gasteiger partial charge in [-0.2, -0.15) is 0 Å². The fourth-order valence-electron chi connectivity index (χ4n) is 2.84. The van der Waals surface area contributed by atoms with E-state index in [1.807, 2.05) is 24.3 Å². The Morgan fingerprint density at radius 2 is 1.69 bits per heavy atom. The largest absolute Gasteiger partial charge is 0.321 e. The molecule has 0 bridgehead atoms. The molecule has 2 N–H and O–H groups in total. The fraction of sp³-hybridized carbons (Fsp3) is 0.0909. The first-order valence-corrected chi connectivity index (χ1v) is 12.1. The molecule has 0 saturated carbocycles. The molecule has 0 aliphatic rings. The second-order valence-electron chi connectivity index (χ2n) is 6.74. The number of thiazole rings is 1. The Labute approximate surface area is 189 Å². The summed E-state index contributed by atoms with van der Waals surface area (Å²) in [6.45, 7) is 2.09. The number of nitrogens with one attached hydrogen (secondary N) is 2. The molecular formula is C22H19N5O3S2. The van der Waals surface area contributed by atoms with Crippen molar-refractivity contribution in [3.63, 3.8) is 0 Å². The second kappa shape index (κ2) is 9.25. The molecule has 0 aliphatic heterocycles. The van der Waals surface area contributed by atoms with Crippen LogP contribution in [0.5, 0.6) is 0 Å². The van der Waals surface area contributed by atoms with E-state index in [2.05, 4.69) is 31.9 Å². The summed E-state index contributed by atoms with van der Waals surface area (Å²) < 4.78 is 27.2. The van der Waals surface area contributed by atoms with Crippen LogP contribution in [0.1, 0.15) is 23.0 Å². The van der Waals surface area contributed by atoms with Gasteiger partial charge in [0.05, 0.1) is 4.90 Å². The maximum absolute atomic E-state index is 12.6. The van der Waals surface area contributed by atoms with Crippen molar-refractivity contribution in [2.24, 2.45) is 0 Å². The van der Waals surface area contributed by atoms with Gasteiger partial charge in [0, 0.05) is 29.0 Å². The zero-order valence-corrected chi connectivity index (χ0v) is 18.7. The quantitative estimate of drug-likeness (QED) is 0.422. The molecule has 162 valence electrons. The van der Waals surface area contributed by atoms with E-state index >= 15 is 0 Å². The predicted molar refractivity (Wildman–Crippen MR) is 124 cm³/mol. The molecule has 0 fully saturated rings. The zero-order chi connectivity index (χ0) is 22.6. The molecule has 1 amide bonds. The van der Waals surface area contributed by atoms with Crippen LogP contribution in [0, 0.1) is 0 Å². The van der Waals surface area contributed by atoms with E-state index in [0.29, 0.717) is 11.4 Å². The minimum absolute atomic E-state index is 0.0199. The highest BCUT2D eigenvalue weighted by molar-refractivity contribution is 7.92. The van der Waals surface area contributed by atoms with Gasteiger partial charge >= 0.3 is 0 Å². The van der Waals surface area contributed by atoms with Crippen LogP contribution in [0.3, 0.4) is 0 Å². The molecule has 0 spiro atoms. The van der Waals surface area contributed by atoms with Crippen LogP contribution < -0.4 is 10.0 Å². The molecule has 2 aromatic heterocycles. The van der Waals surface area contributed by atoms with Crippen molar-refractivity contribution in [2.45, 2.75) is 18.2 Å². The van der Waals surface area contributed by atoms with Crippen LogP contribution in [0.25, 0.3) is 10.6 Å². The molecule has 10 heteroatoms. The number of amides is 1. The zero-order valence-electron chi connectivity index (χ0n) is 17.0. The number of nitrogens with zero attached hydrogens (tertiary/aromatic N) is 3. The van der Waals surface area contributed by atoms with Crippen molar-refractivity contribution in [3.05, 3.63) is 83.6 Å². The summed E-state index contributed by atoms with van der Waals surface area (Å²) in [6, 6.07) is 15.5. The van der Waals surface area contributed by atoms with Gasteiger partial charge in [-0.3, -0.25) is 4.79 Å². The van der Waals surface area contributed by atoms with E-state index < -0.39 is 10.0 Å². The monoisotopic (exact) mass is 465 g/mol. The minimum atomic E-state index is -3.84. The molecular weight excluding hydrogens is 446 g/mol. The second-order valence-corrected chi connectivity index (χ2v) is 9.29. The van der Waals surface area contributed by atoms with Crippen LogP contribution in [0.4, 0.5) is 11.6 Å². The summed E-state index contributed by atoms with van der Waals surface area (Å²) in [6.07, 6.45) is 3.84. The number of hydrogen-bond donors (Lipinski definition) is 2. The molecule has 0 unspecified atom stereocenters. The first-order chi connectivity index (χ1) is 15.4. The molecule has 0 atom stereocenters. The predicted octanol–water partition coefficient (Wildman–Crippen LogP) is 4.22. The molecule has 0 radical (unpaired) electrons. The lowest BCUT2D eigenvalue weighted by molar-refractivity contribution is 0.102. The third kappa shape index (κ3) is 4.98. The highest BCUT2D eigenvalue weighted by Gasteiger charge is 2.16. The summed E-state index contributed by atoms with van der Waals surface area (Å²) in [7, 11) is -3.84. The standard InChI is InChI=1S/C22H19N5O3S2/c1-2-15-4-6-16(7-5-15)21-26-19(14-31-21)20(28)25-17-8-10-18(11-9-17)32(29,30)27-22-23-12-3-13-24-22/h3-14H,2H2,1H3,(H,25,28)(H,23,24,27). The Morgan fingerprint density at radius 3 is 2.34 bits per heavy atom. The maximum atomic E-state index is 12.6. The molecule has 32 heavy (non-hydrogen) atoms. The smallest absolute Gasteiger partial charge is 0.275 e. The number of hydrogen-bond acceptors (Lipinski definition) is 7. The molecule has 8 nitrogen and oxygen atoms in total. The van der Waals surface area contributed by atoms with E-state index in [4.69, 9.17) is 0 Å². The van der Waals surface area contributed by atoms with E-state index in [1.54, 1.807) is 11.4 Å². The molecule has 0 aliphatic carbocycles. The van der Waals surface area contributed by atoms with Gasteiger partial charge in [-0.15, -0.1) is 11.3 Å². The number of carbonyl (C=O) groups is 1. The third-order valence-electron chi connectivity index (χ3n) is 4.56. The van der Waals surface area contributed by atoms with E-state index in [0.717, 1.165) is 17.0 Å². The first-order valence-electron chi connectivity index (χ1n) is 9.71. The van der Waals surface area contributed by atoms with Gasteiger partial charge in [0.2, 0.25) is 5.95 Å². The molecule has 2 aromatic carbocycles. The minimum Gasteiger partial charge on any atom is -0.321 e. The van der Waals surface area contributed by atoms with Crippen molar-refractivity contribution in [2.75, 3.05) is 10.0 Å². The van der Waals surface area contributed by atoms with Crippen LogP contribution >= 0.6 is 11.3 Å². The average Bonchev–Trinajstić information content (AvgIpc) is 3.30. The first kappa shape index (κ1) is 21.6. The topological polar surface area (TPSA) is 114 Å². The van der Waals surface area contributed by atoms with Gasteiger partial charge in [0.1, 0.15) is 10.7 Å². The molecule has 0 saturated heterocycles. The normalized spacial score (nSPS) is 11.2. The Morgan fingerprint density at radius 1 is 1.00 bits per heavy atom. The number of anilines is 2. The highest BCUT2D eigenvalue weighted by Crippen LogP contribution is 2.25. The van der Waals surface area contributed by atoms with Crippen LogP contribution in [-0.4, -0.2) is 29.3 Å². The van der Waals surface area contributed by atoms with Gasteiger partial charge in [-0.1, -0.05) is 31.2 Å². The molecule has 2 heterocycles. The van der Waals surface area contributed by atoms with Gasteiger partial charge in [-0.05, 0) is 42.3 Å². The molecule has 4 aromatic rings. The summed E-state index contributed by atoms with van der Waals surface area (Å²) in [4.78, 5) is 24.7. The van der Waals surface area contributed by atoms with E-state index in [1.165, 1.54) is 53.6 Å². The maximum Gasteiger partial charge on any atom is 0.275 e. The number of sulfonamides is 1. The third-order valence-corrected chi connectivity index (χ3v) is 6.80. The average molecular weight is 466 g/mol.